The van der Waals surface area contributed by atoms with E-state index in [0.717, 1.165) is 0 Å². The fourth-order valence-corrected chi connectivity index (χ4v) is 0. The minimum Gasteiger partial charge on any atom is -0.652 e. The number of carbonyl (C=O) groups excluding carboxylic acids is 1. The second-order valence-corrected chi connectivity index (χ2v) is 0.454. The fourth-order valence-electron chi connectivity index (χ4n) is 0. The van der Waals surface area contributed by atoms with Crippen molar-refractivity contribution in [2.24, 2.45) is 0 Å². The summed E-state index contributed by atoms with van der Waals surface area (Å²) in [6.45, 7) is 0. The van der Waals surface area contributed by atoms with Crippen molar-refractivity contribution in [3.63, 3.8) is 0 Å². The summed E-state index contributed by atoms with van der Waals surface area (Å²) in [5.41, 5.74) is 0. The zero-order valence-electron chi connectivity index (χ0n) is 3.66. The van der Waals surface area contributed by atoms with Gasteiger partial charge in [0.15, 0.2) is 0 Å². The summed E-state index contributed by atoms with van der Waals surface area (Å²) in [6.07, 6.45) is -2.33. The molecule has 0 radical (unpaired) electrons. The van der Waals surface area contributed by atoms with Gasteiger partial charge in [-0.3, -0.25) is 0 Å². The van der Waals surface area contributed by atoms with Crippen molar-refractivity contribution in [2.45, 2.75) is 0 Å². The Bertz CT molecular complexity index is 80.4. The van der Waals surface area contributed by atoms with Crippen molar-refractivity contribution in [1.82, 2.24) is 0 Å². The van der Waals surface area contributed by atoms with Crippen molar-refractivity contribution >= 4 is 17.7 Å². The first-order valence-corrected chi connectivity index (χ1v) is 1.61. The van der Waals surface area contributed by atoms with E-state index in [-0.39, 0.29) is 19.5 Å². The fraction of sp³-hybridized carbons (Fsp3) is 0. The quantitative estimate of drug-likeness (QED) is 0.376. The minimum atomic E-state index is -2.33. The van der Waals surface area contributed by atoms with Crippen LogP contribution >= 0.6 is 0 Å². The van der Waals surface area contributed by atoms with Gasteiger partial charge in [-0.1, -0.05) is 0 Å². The van der Waals surface area contributed by atoms with Gasteiger partial charge in [-0.2, -0.15) is 8.42 Å². The zero-order valence-corrected chi connectivity index (χ0v) is 7.44. The van der Waals surface area contributed by atoms with Crippen LogP contribution < -0.4 is 10.2 Å². The second kappa shape index (κ2) is 15.9. The summed E-state index contributed by atoms with van der Waals surface area (Å²) >= 11 is -0.750. The van der Waals surface area contributed by atoms with Crippen molar-refractivity contribution in [2.75, 3.05) is 0 Å². The van der Waals surface area contributed by atoms with Gasteiger partial charge in [0.1, 0.15) is 0 Å². The maximum Gasteiger partial charge on any atom is 2.00 e. The molecule has 7 heteroatoms. The molecule has 0 aliphatic carbocycles. The Labute approximate surface area is 61.1 Å². The van der Waals surface area contributed by atoms with Gasteiger partial charge in [-0.15, -0.1) is 0 Å². The molecule has 0 rings (SSSR count). The standard InChI is InChI=1S/CH2O3.O2S.Zn/c2-1(3)4;1-3-2;/h(H2,2,3,4);;/q;;+2/p-2. The first-order valence-electron chi connectivity index (χ1n) is 0.946. The topological polar surface area (TPSA) is 97.3 Å². The predicted molar refractivity (Wildman–Crippen MR) is 14.3 cm³/mol. The molecule has 42 valence electrons. The molecule has 0 saturated carbocycles. The third kappa shape index (κ3) is 1550. The largest absolute Gasteiger partial charge is 2.00 e. The Kier molecular flexibility index (Phi) is 31.1. The molecule has 0 fully saturated rings. The van der Waals surface area contributed by atoms with Crippen molar-refractivity contribution in [3.8, 4) is 0 Å². The third-order valence-corrected chi connectivity index (χ3v) is 0. The maximum absolute atomic E-state index is 8.33. The van der Waals surface area contributed by atoms with Crippen LogP contribution in [-0.4, -0.2) is 14.6 Å². The molecule has 0 aromatic heterocycles. The van der Waals surface area contributed by atoms with Crippen LogP contribution in [0.4, 0.5) is 4.79 Å². The molecule has 5 nitrogen and oxygen atoms in total. The number of hydrogen-bond donors (Lipinski definition) is 0. The Morgan fingerprint density at radius 1 is 1.25 bits per heavy atom. The molecule has 0 N–H and O–H groups in total. The Morgan fingerprint density at radius 2 is 1.25 bits per heavy atom. The summed E-state index contributed by atoms with van der Waals surface area (Å²) in [4.78, 5) is 8.33. The monoisotopic (exact) mass is 188 g/mol. The molecule has 0 heterocycles. The van der Waals surface area contributed by atoms with Gasteiger partial charge in [0, 0.05) is 0 Å². The minimum absolute atomic E-state index is 0. The van der Waals surface area contributed by atoms with Gasteiger partial charge in [0.05, 0.1) is 0 Å². The van der Waals surface area contributed by atoms with Crippen LogP contribution in [0.1, 0.15) is 0 Å². The van der Waals surface area contributed by atoms with Gasteiger partial charge >= 0.3 is 31.0 Å². The van der Waals surface area contributed by atoms with Gasteiger partial charge < -0.3 is 15.0 Å². The SMILES string of the molecule is O=C([O-])[O-].O=S=O.[Zn+2]. The number of carboxylic acid groups (broad SMARTS) is 2. The number of hydrogen-bond acceptors (Lipinski definition) is 5. The summed E-state index contributed by atoms with van der Waals surface area (Å²) in [7, 11) is 0. The van der Waals surface area contributed by atoms with E-state index in [1.165, 1.54) is 0 Å². The molecule has 0 aliphatic heterocycles. The summed E-state index contributed by atoms with van der Waals surface area (Å²) < 4.78 is 16.6. The van der Waals surface area contributed by atoms with Crippen LogP contribution in [0.5, 0.6) is 0 Å². The first kappa shape index (κ1) is 15.6. The van der Waals surface area contributed by atoms with Crippen molar-refractivity contribution in [1.29, 1.82) is 0 Å². The molecule has 0 atom stereocenters. The summed E-state index contributed by atoms with van der Waals surface area (Å²) in [5.74, 6) is 0. The average Bonchev–Trinajstić information content (AvgIpc) is 1.33. The molecule has 8 heavy (non-hydrogen) atoms. The third-order valence-electron chi connectivity index (χ3n) is 0. The van der Waals surface area contributed by atoms with Crippen LogP contribution in [0.3, 0.4) is 0 Å². The molecule has 0 spiro atoms. The predicted octanol–water partition coefficient (Wildman–Crippen LogP) is -3.12. The molecule has 0 aromatic rings. The van der Waals surface area contributed by atoms with Crippen LogP contribution in [0.25, 0.3) is 0 Å². The van der Waals surface area contributed by atoms with E-state index in [2.05, 4.69) is 0 Å². The van der Waals surface area contributed by atoms with E-state index in [0.29, 0.717) is 0 Å². The van der Waals surface area contributed by atoms with E-state index < -0.39 is 17.7 Å². The average molecular weight is 189 g/mol. The van der Waals surface area contributed by atoms with E-state index in [1.54, 1.807) is 0 Å². The summed E-state index contributed by atoms with van der Waals surface area (Å²) in [5, 5.41) is 16.7. The Balaban J connectivity index is -0.0000000575. The summed E-state index contributed by atoms with van der Waals surface area (Å²) in [6, 6.07) is 0. The smallest absolute Gasteiger partial charge is 0.652 e. The van der Waals surface area contributed by atoms with Gasteiger partial charge in [0.25, 0.3) is 0 Å². The van der Waals surface area contributed by atoms with E-state index in [9.17, 15) is 0 Å². The van der Waals surface area contributed by atoms with Crippen LogP contribution in [0.2, 0.25) is 0 Å². The van der Waals surface area contributed by atoms with Crippen molar-refractivity contribution < 1.29 is 42.9 Å². The molecule has 0 saturated heterocycles. The molecular weight excluding hydrogens is 189 g/mol. The molecular formula is CO5SZn. The van der Waals surface area contributed by atoms with E-state index in [1.807, 2.05) is 0 Å². The van der Waals surface area contributed by atoms with Crippen molar-refractivity contribution in [3.05, 3.63) is 0 Å². The zero-order chi connectivity index (χ0) is 6.28. The maximum atomic E-state index is 8.33. The normalized spacial score (nSPS) is 4.50. The van der Waals surface area contributed by atoms with E-state index in [4.69, 9.17) is 23.4 Å². The Morgan fingerprint density at radius 3 is 1.25 bits per heavy atom. The molecule has 0 bridgehead atoms. The van der Waals surface area contributed by atoms with Gasteiger partial charge in [0.2, 0.25) is 0 Å². The molecule has 0 aromatic carbocycles. The Hall–Kier alpha value is -0.287. The molecule has 0 amide bonds. The second-order valence-electron chi connectivity index (χ2n) is 0.318. The molecule has 0 unspecified atom stereocenters. The number of carbonyl (C=O) groups is 1. The van der Waals surface area contributed by atoms with Crippen LogP contribution in [0.15, 0.2) is 0 Å². The van der Waals surface area contributed by atoms with E-state index >= 15 is 0 Å². The van der Waals surface area contributed by atoms with Crippen LogP contribution in [-0.2, 0) is 31.0 Å². The number of rotatable bonds is 0. The van der Waals surface area contributed by atoms with Crippen LogP contribution in [0, 0.1) is 0 Å². The van der Waals surface area contributed by atoms with Gasteiger partial charge in [-0.05, 0) is 6.16 Å². The van der Waals surface area contributed by atoms with Gasteiger partial charge in [-0.25, -0.2) is 0 Å². The molecule has 0 aliphatic rings. The first-order chi connectivity index (χ1) is 3.15.